The van der Waals surface area contributed by atoms with Gasteiger partial charge in [-0.25, -0.2) is 4.68 Å². The van der Waals surface area contributed by atoms with Gasteiger partial charge >= 0.3 is 0 Å². The number of aryl methyl sites for hydroxylation is 1. The molecule has 1 aliphatic carbocycles. The monoisotopic (exact) mass is 269 g/mol. The molecule has 106 valence electrons. The van der Waals surface area contributed by atoms with E-state index in [1.165, 1.54) is 29.7 Å². The van der Waals surface area contributed by atoms with E-state index < -0.39 is 0 Å². The average molecular weight is 269 g/mol. The molecule has 1 aromatic heterocycles. The first-order valence-corrected chi connectivity index (χ1v) is 7.57. The zero-order valence-corrected chi connectivity index (χ0v) is 12.6. The van der Waals surface area contributed by atoms with Gasteiger partial charge in [0.1, 0.15) is 0 Å². The first kappa shape index (κ1) is 13.4. The van der Waals surface area contributed by atoms with E-state index in [0.29, 0.717) is 0 Å². The van der Waals surface area contributed by atoms with Crippen LogP contribution in [0.25, 0.3) is 5.69 Å². The van der Waals surface area contributed by atoms with Gasteiger partial charge in [0.05, 0.1) is 11.4 Å². The van der Waals surface area contributed by atoms with Crippen LogP contribution < -0.4 is 5.32 Å². The Kier molecular flexibility index (Phi) is 3.62. The molecule has 1 N–H and O–H groups in total. The van der Waals surface area contributed by atoms with Crippen molar-refractivity contribution in [2.24, 2.45) is 0 Å². The molecule has 1 heterocycles. The Morgan fingerprint density at radius 2 is 1.90 bits per heavy atom. The third-order valence-electron chi connectivity index (χ3n) is 4.15. The summed E-state index contributed by atoms with van der Waals surface area (Å²) in [7, 11) is 0. The molecule has 1 fully saturated rings. The quantitative estimate of drug-likeness (QED) is 0.902. The van der Waals surface area contributed by atoms with Crippen molar-refractivity contribution in [2.45, 2.75) is 52.6 Å². The van der Waals surface area contributed by atoms with Gasteiger partial charge in [0, 0.05) is 18.3 Å². The van der Waals surface area contributed by atoms with E-state index in [4.69, 9.17) is 0 Å². The van der Waals surface area contributed by atoms with E-state index in [9.17, 15) is 0 Å². The fraction of sp³-hybridized carbons (Fsp3) is 0.471. The highest BCUT2D eigenvalue weighted by molar-refractivity contribution is 5.38. The first-order valence-electron chi connectivity index (χ1n) is 7.57. The molecular formula is C17H23N3. The van der Waals surface area contributed by atoms with Crippen molar-refractivity contribution in [3.05, 3.63) is 46.8 Å². The number of benzene rings is 1. The van der Waals surface area contributed by atoms with Gasteiger partial charge in [-0.1, -0.05) is 19.1 Å². The van der Waals surface area contributed by atoms with Crippen molar-refractivity contribution in [1.29, 1.82) is 0 Å². The lowest BCUT2D eigenvalue weighted by Gasteiger charge is -2.07. The third kappa shape index (κ3) is 2.63. The second-order valence-corrected chi connectivity index (χ2v) is 5.74. The fourth-order valence-corrected chi connectivity index (χ4v) is 2.74. The van der Waals surface area contributed by atoms with E-state index in [0.717, 1.165) is 30.4 Å². The fourth-order valence-electron chi connectivity index (χ4n) is 2.74. The molecule has 0 saturated heterocycles. The lowest BCUT2D eigenvalue weighted by Crippen LogP contribution is -2.15. The minimum atomic E-state index is 0.762. The average Bonchev–Trinajstić information content (AvgIpc) is 3.23. The standard InChI is InChI=1S/C17H23N3/c1-4-17-12(2)19-20(13(17)3)16-9-5-14(6-10-16)11-18-15-7-8-15/h5-6,9-10,15,18H,4,7-8,11H2,1-3H3. The van der Waals surface area contributed by atoms with Crippen LogP contribution in [0.3, 0.4) is 0 Å². The zero-order chi connectivity index (χ0) is 14.1. The molecule has 0 spiro atoms. The Hall–Kier alpha value is -1.61. The maximum Gasteiger partial charge on any atom is 0.0649 e. The van der Waals surface area contributed by atoms with Gasteiger partial charge in [0.2, 0.25) is 0 Å². The first-order chi connectivity index (χ1) is 9.69. The van der Waals surface area contributed by atoms with Crippen LogP contribution in [0.5, 0.6) is 0 Å². The van der Waals surface area contributed by atoms with Crippen LogP contribution in [0, 0.1) is 13.8 Å². The van der Waals surface area contributed by atoms with Crippen molar-refractivity contribution in [3.8, 4) is 5.69 Å². The summed E-state index contributed by atoms with van der Waals surface area (Å²) < 4.78 is 2.06. The third-order valence-corrected chi connectivity index (χ3v) is 4.15. The molecule has 1 aliphatic rings. The summed E-state index contributed by atoms with van der Waals surface area (Å²) in [5.74, 6) is 0. The number of aromatic nitrogens is 2. The molecule has 0 aliphatic heterocycles. The van der Waals surface area contributed by atoms with Gasteiger partial charge in [-0.3, -0.25) is 0 Å². The second-order valence-electron chi connectivity index (χ2n) is 5.74. The smallest absolute Gasteiger partial charge is 0.0649 e. The minimum Gasteiger partial charge on any atom is -0.310 e. The van der Waals surface area contributed by atoms with Gasteiger partial charge in [-0.05, 0) is 56.4 Å². The number of hydrogen-bond acceptors (Lipinski definition) is 2. The maximum absolute atomic E-state index is 4.67. The molecule has 3 rings (SSSR count). The Morgan fingerprint density at radius 1 is 1.20 bits per heavy atom. The van der Waals surface area contributed by atoms with Crippen molar-refractivity contribution in [1.82, 2.24) is 15.1 Å². The highest BCUT2D eigenvalue weighted by Crippen LogP contribution is 2.21. The Labute approximate surface area is 121 Å². The van der Waals surface area contributed by atoms with Crippen molar-refractivity contribution in [2.75, 3.05) is 0 Å². The van der Waals surface area contributed by atoms with Gasteiger partial charge < -0.3 is 5.32 Å². The molecule has 0 bridgehead atoms. The van der Waals surface area contributed by atoms with Crippen molar-refractivity contribution >= 4 is 0 Å². The van der Waals surface area contributed by atoms with Crippen LogP contribution >= 0.6 is 0 Å². The molecule has 2 aromatic rings. The van der Waals surface area contributed by atoms with Crippen LogP contribution in [-0.2, 0) is 13.0 Å². The van der Waals surface area contributed by atoms with E-state index in [2.05, 4.69) is 60.1 Å². The van der Waals surface area contributed by atoms with Gasteiger partial charge in [0.15, 0.2) is 0 Å². The molecule has 20 heavy (non-hydrogen) atoms. The highest BCUT2D eigenvalue weighted by Gasteiger charge is 2.19. The largest absolute Gasteiger partial charge is 0.310 e. The van der Waals surface area contributed by atoms with Crippen molar-refractivity contribution < 1.29 is 0 Å². The van der Waals surface area contributed by atoms with E-state index in [-0.39, 0.29) is 0 Å². The molecule has 0 amide bonds. The van der Waals surface area contributed by atoms with Crippen LogP contribution in [0.2, 0.25) is 0 Å². The Balaban J connectivity index is 1.79. The normalized spacial score (nSPS) is 14.8. The second kappa shape index (κ2) is 5.41. The number of rotatable bonds is 5. The summed E-state index contributed by atoms with van der Waals surface area (Å²) in [5, 5.41) is 8.21. The summed E-state index contributed by atoms with van der Waals surface area (Å²) in [4.78, 5) is 0. The van der Waals surface area contributed by atoms with Crippen molar-refractivity contribution in [3.63, 3.8) is 0 Å². The predicted octanol–water partition coefficient (Wildman–Crippen LogP) is 3.30. The van der Waals surface area contributed by atoms with E-state index in [1.807, 2.05) is 0 Å². The molecule has 1 saturated carbocycles. The number of nitrogens with zero attached hydrogens (tertiary/aromatic N) is 2. The van der Waals surface area contributed by atoms with E-state index in [1.54, 1.807) is 0 Å². The van der Waals surface area contributed by atoms with Crippen LogP contribution in [0.4, 0.5) is 0 Å². The topological polar surface area (TPSA) is 29.9 Å². The van der Waals surface area contributed by atoms with Crippen LogP contribution in [-0.4, -0.2) is 15.8 Å². The zero-order valence-electron chi connectivity index (χ0n) is 12.6. The Morgan fingerprint density at radius 3 is 2.45 bits per heavy atom. The summed E-state index contributed by atoms with van der Waals surface area (Å²) in [5.41, 5.74) is 6.26. The summed E-state index contributed by atoms with van der Waals surface area (Å²) >= 11 is 0. The van der Waals surface area contributed by atoms with Gasteiger partial charge in [0.25, 0.3) is 0 Å². The molecular weight excluding hydrogens is 246 g/mol. The minimum absolute atomic E-state index is 0.762. The molecule has 0 unspecified atom stereocenters. The molecule has 3 nitrogen and oxygen atoms in total. The van der Waals surface area contributed by atoms with Crippen LogP contribution in [0.15, 0.2) is 24.3 Å². The summed E-state index contributed by atoms with van der Waals surface area (Å²) in [6.07, 6.45) is 3.72. The van der Waals surface area contributed by atoms with Crippen LogP contribution in [0.1, 0.15) is 42.3 Å². The van der Waals surface area contributed by atoms with Gasteiger partial charge in [-0.2, -0.15) is 5.10 Å². The molecule has 3 heteroatoms. The number of hydrogen-bond donors (Lipinski definition) is 1. The SMILES string of the molecule is CCc1c(C)nn(-c2ccc(CNC3CC3)cc2)c1C. The lowest BCUT2D eigenvalue weighted by atomic mass is 10.1. The van der Waals surface area contributed by atoms with Gasteiger partial charge in [-0.15, -0.1) is 0 Å². The summed E-state index contributed by atoms with van der Waals surface area (Å²) in [6.45, 7) is 7.41. The number of nitrogens with one attached hydrogen (secondary N) is 1. The highest BCUT2D eigenvalue weighted by atomic mass is 15.3. The summed E-state index contributed by atoms with van der Waals surface area (Å²) in [6, 6.07) is 9.50. The molecule has 0 radical (unpaired) electrons. The lowest BCUT2D eigenvalue weighted by molar-refractivity contribution is 0.687. The molecule has 1 aromatic carbocycles. The predicted molar refractivity (Wildman–Crippen MR) is 82.3 cm³/mol. The maximum atomic E-state index is 4.67. The molecule has 0 atom stereocenters. The van der Waals surface area contributed by atoms with E-state index >= 15 is 0 Å². The Bertz CT molecular complexity index is 591.